The maximum absolute atomic E-state index is 12.1. The molecule has 0 aliphatic heterocycles. The molecule has 0 saturated heterocycles. The van der Waals surface area contributed by atoms with E-state index in [-0.39, 0.29) is 19.5 Å². The fourth-order valence-electron chi connectivity index (χ4n) is 1.29. The van der Waals surface area contributed by atoms with Gasteiger partial charge >= 0.3 is 0 Å². The minimum absolute atomic E-state index is 0. The van der Waals surface area contributed by atoms with Gasteiger partial charge in [0.1, 0.15) is 5.75 Å². The molecule has 0 atom stereocenters. The topological polar surface area (TPSA) is 40.5 Å². The standard InChI is InChI=1S/C6H3F3O.C6H16OSi.Zn/c7-4-1-3(10)2-5(8)6(4)9;1-4-8(7,5-2)6-3;/h1-2,10H;7H,4-6H2,1-3H3;. The van der Waals surface area contributed by atoms with Crippen LogP contribution in [0.3, 0.4) is 0 Å². The maximum atomic E-state index is 12.1. The van der Waals surface area contributed by atoms with Crippen LogP contribution in [0.1, 0.15) is 20.8 Å². The Hall–Kier alpha value is -0.390. The van der Waals surface area contributed by atoms with Gasteiger partial charge in [-0.25, -0.2) is 13.2 Å². The first-order valence-corrected chi connectivity index (χ1v) is 8.42. The number of phenols is 1. The van der Waals surface area contributed by atoms with Crippen molar-refractivity contribution >= 4 is 8.32 Å². The number of hydrogen-bond donors (Lipinski definition) is 2. The second-order valence-electron chi connectivity index (χ2n) is 4.01. The first-order chi connectivity index (χ1) is 8.29. The van der Waals surface area contributed by atoms with Gasteiger partial charge in [0.25, 0.3) is 0 Å². The average Bonchev–Trinajstić information content (AvgIpc) is 2.35. The first-order valence-electron chi connectivity index (χ1n) is 5.85. The fourth-order valence-corrected chi connectivity index (χ4v) is 2.79. The summed E-state index contributed by atoms with van der Waals surface area (Å²) in [5.74, 6) is -4.98. The maximum Gasteiger partial charge on any atom is 0.194 e. The van der Waals surface area contributed by atoms with Gasteiger partial charge in [0.15, 0.2) is 25.8 Å². The predicted molar refractivity (Wildman–Crippen MR) is 67.4 cm³/mol. The second kappa shape index (κ2) is 9.50. The monoisotopic (exact) mass is 344 g/mol. The Labute approximate surface area is 125 Å². The summed E-state index contributed by atoms with van der Waals surface area (Å²) in [6, 6.07) is 4.04. The molecule has 0 aliphatic carbocycles. The van der Waals surface area contributed by atoms with E-state index in [1.807, 2.05) is 0 Å². The fraction of sp³-hybridized carbons (Fsp3) is 0.500. The SMILES string of the molecule is CC[Si](O)(CC)CC.Oc1cc(F)c(F)c(F)c1.[Zn]. The van der Waals surface area contributed by atoms with E-state index in [0.29, 0.717) is 12.1 Å². The molecule has 0 aromatic heterocycles. The van der Waals surface area contributed by atoms with Gasteiger partial charge in [-0.1, -0.05) is 20.8 Å². The van der Waals surface area contributed by atoms with E-state index in [9.17, 15) is 18.0 Å². The van der Waals surface area contributed by atoms with E-state index in [0.717, 1.165) is 18.1 Å². The van der Waals surface area contributed by atoms with Crippen molar-refractivity contribution < 1.29 is 42.6 Å². The molecule has 0 saturated carbocycles. The normalized spacial score (nSPS) is 10.3. The Morgan fingerprint density at radius 1 is 0.947 bits per heavy atom. The molecule has 0 bridgehead atoms. The predicted octanol–water partition coefficient (Wildman–Crippen LogP) is 3.79. The third-order valence-corrected chi connectivity index (χ3v) is 6.89. The van der Waals surface area contributed by atoms with Gasteiger partial charge in [-0.2, -0.15) is 0 Å². The zero-order chi connectivity index (χ0) is 14.3. The van der Waals surface area contributed by atoms with E-state index < -0.39 is 31.5 Å². The van der Waals surface area contributed by atoms with Crippen molar-refractivity contribution in [1.29, 1.82) is 0 Å². The molecule has 0 spiro atoms. The van der Waals surface area contributed by atoms with Crippen LogP contribution in [0.2, 0.25) is 18.1 Å². The Balaban J connectivity index is 0. The zero-order valence-electron chi connectivity index (χ0n) is 11.5. The van der Waals surface area contributed by atoms with E-state index in [1.54, 1.807) is 0 Å². The molecule has 0 aliphatic rings. The van der Waals surface area contributed by atoms with E-state index in [4.69, 9.17) is 5.11 Å². The van der Waals surface area contributed by atoms with Crippen LogP contribution in [0, 0.1) is 17.5 Å². The molecule has 0 unspecified atom stereocenters. The summed E-state index contributed by atoms with van der Waals surface area (Å²) in [6.07, 6.45) is 0. The molecular weight excluding hydrogens is 327 g/mol. The number of phenolic OH excluding ortho intramolecular Hbond substituents is 1. The molecule has 2 N–H and O–H groups in total. The summed E-state index contributed by atoms with van der Waals surface area (Å²) in [6.45, 7) is 6.25. The minimum atomic E-state index is -1.67. The molecule has 19 heavy (non-hydrogen) atoms. The van der Waals surface area contributed by atoms with Crippen LogP contribution in [-0.4, -0.2) is 18.2 Å². The molecule has 1 aromatic carbocycles. The quantitative estimate of drug-likeness (QED) is 0.646. The van der Waals surface area contributed by atoms with Crippen LogP contribution >= 0.6 is 0 Å². The van der Waals surface area contributed by atoms with E-state index >= 15 is 0 Å². The van der Waals surface area contributed by atoms with E-state index in [1.165, 1.54) is 0 Å². The third-order valence-electron chi connectivity index (χ3n) is 2.94. The van der Waals surface area contributed by atoms with Crippen LogP contribution in [0.4, 0.5) is 13.2 Å². The molecule has 1 aromatic rings. The molecule has 7 heteroatoms. The van der Waals surface area contributed by atoms with Crippen molar-refractivity contribution in [3.63, 3.8) is 0 Å². The average molecular weight is 346 g/mol. The van der Waals surface area contributed by atoms with Crippen LogP contribution in [0.5, 0.6) is 5.75 Å². The minimum Gasteiger partial charge on any atom is -0.508 e. The summed E-state index contributed by atoms with van der Waals surface area (Å²) < 4.78 is 36.2. The van der Waals surface area contributed by atoms with Crippen LogP contribution < -0.4 is 0 Å². The Morgan fingerprint density at radius 3 is 1.47 bits per heavy atom. The number of benzene rings is 1. The number of hydrogen-bond acceptors (Lipinski definition) is 2. The molecule has 2 nitrogen and oxygen atoms in total. The number of rotatable bonds is 3. The van der Waals surface area contributed by atoms with Gasteiger partial charge in [0.2, 0.25) is 0 Å². The molecule has 0 heterocycles. The largest absolute Gasteiger partial charge is 0.508 e. The Bertz CT molecular complexity index is 356. The molecule has 0 fully saturated rings. The van der Waals surface area contributed by atoms with Gasteiger partial charge in [-0.15, -0.1) is 0 Å². The van der Waals surface area contributed by atoms with Crippen LogP contribution in [0.15, 0.2) is 12.1 Å². The summed E-state index contributed by atoms with van der Waals surface area (Å²) in [5, 5.41) is 8.47. The number of aromatic hydroxyl groups is 1. The van der Waals surface area contributed by atoms with Gasteiger partial charge in [-0.3, -0.25) is 0 Å². The number of halogens is 3. The molecule has 0 radical (unpaired) electrons. The van der Waals surface area contributed by atoms with Crippen molar-refractivity contribution in [1.82, 2.24) is 0 Å². The van der Waals surface area contributed by atoms with Gasteiger partial charge in [-0.05, 0) is 18.1 Å². The molecule has 0 amide bonds. The Kier molecular flexibility index (Phi) is 10.5. The van der Waals surface area contributed by atoms with Gasteiger partial charge in [0, 0.05) is 31.6 Å². The summed E-state index contributed by atoms with van der Waals surface area (Å²) in [5.41, 5.74) is 0. The van der Waals surface area contributed by atoms with Crippen molar-refractivity contribution in [2.75, 3.05) is 0 Å². The first kappa shape index (κ1) is 20.9. The third kappa shape index (κ3) is 7.09. The van der Waals surface area contributed by atoms with Crippen molar-refractivity contribution in [2.24, 2.45) is 0 Å². The molecule has 1 rings (SSSR count). The summed E-state index contributed by atoms with van der Waals surface area (Å²) in [7, 11) is -1.67. The molecular formula is C12H19F3O2SiZn. The van der Waals surface area contributed by atoms with Crippen molar-refractivity contribution in [2.45, 2.75) is 38.9 Å². The van der Waals surface area contributed by atoms with Crippen LogP contribution in [-0.2, 0) is 19.5 Å². The summed E-state index contributed by atoms with van der Waals surface area (Å²) >= 11 is 0. The van der Waals surface area contributed by atoms with E-state index in [2.05, 4.69) is 20.8 Å². The second-order valence-corrected chi connectivity index (χ2v) is 8.58. The smallest absolute Gasteiger partial charge is 0.194 e. The van der Waals surface area contributed by atoms with Gasteiger partial charge < -0.3 is 9.90 Å². The summed E-state index contributed by atoms with van der Waals surface area (Å²) in [4.78, 5) is 9.58. The zero-order valence-corrected chi connectivity index (χ0v) is 15.5. The van der Waals surface area contributed by atoms with Crippen molar-refractivity contribution in [3.05, 3.63) is 29.6 Å². The van der Waals surface area contributed by atoms with Crippen LogP contribution in [0.25, 0.3) is 0 Å². The van der Waals surface area contributed by atoms with Crippen molar-refractivity contribution in [3.8, 4) is 5.75 Å². The van der Waals surface area contributed by atoms with Gasteiger partial charge in [0.05, 0.1) is 0 Å². The molecule has 106 valence electrons. The Morgan fingerprint density at radius 2 is 1.26 bits per heavy atom.